The van der Waals surface area contributed by atoms with Crippen LogP contribution < -0.4 is 9.62 Å². The second-order valence-electron chi connectivity index (χ2n) is 6.65. The fraction of sp³-hybridized carbons (Fsp3) is 0.238. The number of fused-ring (bicyclic) bond motifs is 1. The van der Waals surface area contributed by atoms with E-state index in [-0.39, 0.29) is 6.04 Å². The van der Waals surface area contributed by atoms with Crippen molar-refractivity contribution in [3.8, 4) is 0 Å². The van der Waals surface area contributed by atoms with E-state index in [4.69, 9.17) is 0 Å². The van der Waals surface area contributed by atoms with Crippen LogP contribution in [-0.2, 0) is 10.0 Å². The van der Waals surface area contributed by atoms with E-state index in [2.05, 4.69) is 21.8 Å². The first-order chi connectivity index (χ1) is 12.6. The number of hydrogen-bond donors (Lipinski definition) is 1. The van der Waals surface area contributed by atoms with Crippen molar-refractivity contribution in [2.75, 3.05) is 18.0 Å². The van der Waals surface area contributed by atoms with E-state index in [0.717, 1.165) is 35.8 Å². The van der Waals surface area contributed by atoms with E-state index < -0.39 is 10.0 Å². The Hall–Kier alpha value is -2.37. The van der Waals surface area contributed by atoms with E-state index in [1.165, 1.54) is 0 Å². The Bertz CT molecular complexity index is 997. The second-order valence-corrected chi connectivity index (χ2v) is 8.39. The van der Waals surface area contributed by atoms with E-state index in [0.29, 0.717) is 11.4 Å². The zero-order valence-electron chi connectivity index (χ0n) is 14.5. The van der Waals surface area contributed by atoms with Crippen molar-refractivity contribution in [1.82, 2.24) is 4.72 Å². The number of anilines is 1. The van der Waals surface area contributed by atoms with Crippen LogP contribution in [0.3, 0.4) is 0 Å². The second kappa shape index (κ2) is 7.09. The Morgan fingerprint density at radius 1 is 0.923 bits per heavy atom. The number of hydrogen-bond acceptors (Lipinski definition) is 3. The zero-order valence-corrected chi connectivity index (χ0v) is 15.3. The van der Waals surface area contributed by atoms with Crippen LogP contribution in [0.4, 0.5) is 5.69 Å². The van der Waals surface area contributed by atoms with Gasteiger partial charge in [-0.2, -0.15) is 0 Å². The highest BCUT2D eigenvalue weighted by Crippen LogP contribution is 2.26. The molecule has 3 aromatic rings. The minimum atomic E-state index is -3.56. The van der Waals surface area contributed by atoms with Crippen molar-refractivity contribution < 1.29 is 8.42 Å². The standard InChI is InChI=1S/C21H22N2O2S/c24-26(25,21-14-6-9-17-8-4-5-13-20(17)21)22-16-19-12-7-15-23(19)18-10-2-1-3-11-18/h1-6,8-11,13-14,19,22H,7,12,15-16H2/t19-/m0/s1. The molecule has 1 saturated heterocycles. The number of sulfonamides is 1. The van der Waals surface area contributed by atoms with Crippen LogP contribution in [0.5, 0.6) is 0 Å². The summed E-state index contributed by atoms with van der Waals surface area (Å²) in [6, 6.07) is 23.4. The zero-order chi connectivity index (χ0) is 18.0. The van der Waals surface area contributed by atoms with E-state index in [1.54, 1.807) is 12.1 Å². The quantitative estimate of drug-likeness (QED) is 0.747. The molecule has 1 fully saturated rings. The van der Waals surface area contributed by atoms with Crippen molar-refractivity contribution >= 4 is 26.5 Å². The number of rotatable bonds is 5. The van der Waals surface area contributed by atoms with Gasteiger partial charge in [-0.05, 0) is 36.4 Å². The molecule has 1 atom stereocenters. The SMILES string of the molecule is O=S(=O)(NC[C@@H]1CCCN1c1ccccc1)c1cccc2ccccc12. The van der Waals surface area contributed by atoms with Gasteiger partial charge in [0, 0.05) is 30.2 Å². The number of nitrogens with one attached hydrogen (secondary N) is 1. The molecule has 5 heteroatoms. The molecule has 1 heterocycles. The molecule has 134 valence electrons. The highest BCUT2D eigenvalue weighted by Gasteiger charge is 2.27. The van der Waals surface area contributed by atoms with Gasteiger partial charge in [0.05, 0.1) is 4.90 Å². The van der Waals surface area contributed by atoms with Gasteiger partial charge < -0.3 is 4.90 Å². The maximum atomic E-state index is 12.9. The predicted octanol–water partition coefficient (Wildman–Crippen LogP) is 3.79. The average Bonchev–Trinajstić information content (AvgIpc) is 3.15. The van der Waals surface area contributed by atoms with Gasteiger partial charge in [0.2, 0.25) is 10.0 Å². The van der Waals surface area contributed by atoms with Crippen molar-refractivity contribution in [2.45, 2.75) is 23.8 Å². The molecule has 26 heavy (non-hydrogen) atoms. The highest BCUT2D eigenvalue weighted by atomic mass is 32.2. The van der Waals surface area contributed by atoms with Crippen LogP contribution in [0.2, 0.25) is 0 Å². The summed E-state index contributed by atoms with van der Waals surface area (Å²) >= 11 is 0. The molecule has 0 aromatic heterocycles. The summed E-state index contributed by atoms with van der Waals surface area (Å²) in [6.07, 6.45) is 2.07. The first-order valence-electron chi connectivity index (χ1n) is 8.94. The van der Waals surface area contributed by atoms with Gasteiger partial charge in [0.15, 0.2) is 0 Å². The fourth-order valence-corrected chi connectivity index (χ4v) is 5.02. The molecule has 0 aliphatic carbocycles. The van der Waals surface area contributed by atoms with Crippen LogP contribution >= 0.6 is 0 Å². The molecular weight excluding hydrogens is 344 g/mol. The van der Waals surface area contributed by atoms with Crippen molar-refractivity contribution in [2.24, 2.45) is 0 Å². The summed E-state index contributed by atoms with van der Waals surface area (Å²) in [5, 5.41) is 1.69. The molecule has 4 rings (SSSR count). The third-order valence-electron chi connectivity index (χ3n) is 5.01. The van der Waals surface area contributed by atoms with Gasteiger partial charge in [0.25, 0.3) is 0 Å². The molecule has 0 unspecified atom stereocenters. The van der Waals surface area contributed by atoms with Crippen LogP contribution in [0.1, 0.15) is 12.8 Å². The minimum absolute atomic E-state index is 0.183. The predicted molar refractivity (Wildman–Crippen MR) is 106 cm³/mol. The van der Waals surface area contributed by atoms with Crippen molar-refractivity contribution in [3.05, 3.63) is 72.8 Å². The van der Waals surface area contributed by atoms with E-state index in [9.17, 15) is 8.42 Å². The Balaban J connectivity index is 1.55. The van der Waals surface area contributed by atoms with Crippen molar-refractivity contribution in [1.29, 1.82) is 0 Å². The number of para-hydroxylation sites is 1. The third-order valence-corrected chi connectivity index (χ3v) is 6.49. The summed E-state index contributed by atoms with van der Waals surface area (Å²) in [5.41, 5.74) is 1.15. The molecule has 0 radical (unpaired) electrons. The monoisotopic (exact) mass is 366 g/mol. The first-order valence-corrected chi connectivity index (χ1v) is 10.4. The van der Waals surface area contributed by atoms with Gasteiger partial charge in [-0.3, -0.25) is 0 Å². The number of benzene rings is 3. The summed E-state index contributed by atoms with van der Waals surface area (Å²) in [5.74, 6) is 0. The minimum Gasteiger partial charge on any atom is -0.367 e. The average molecular weight is 366 g/mol. The van der Waals surface area contributed by atoms with Crippen LogP contribution in [0.25, 0.3) is 10.8 Å². The maximum Gasteiger partial charge on any atom is 0.241 e. The molecule has 1 N–H and O–H groups in total. The molecule has 1 aliphatic rings. The van der Waals surface area contributed by atoms with Gasteiger partial charge in [-0.25, -0.2) is 13.1 Å². The summed E-state index contributed by atoms with van der Waals surface area (Å²) in [7, 11) is -3.56. The van der Waals surface area contributed by atoms with E-state index in [1.807, 2.05) is 48.5 Å². The third kappa shape index (κ3) is 3.32. The molecule has 3 aromatic carbocycles. The normalized spacial score (nSPS) is 17.7. The Labute approximate surface area is 154 Å². The topological polar surface area (TPSA) is 49.4 Å². The maximum absolute atomic E-state index is 12.9. The van der Waals surface area contributed by atoms with Gasteiger partial charge in [-0.1, -0.05) is 54.6 Å². The lowest BCUT2D eigenvalue weighted by Crippen LogP contribution is -2.40. The van der Waals surface area contributed by atoms with Gasteiger partial charge in [0.1, 0.15) is 0 Å². The van der Waals surface area contributed by atoms with E-state index >= 15 is 0 Å². The lowest BCUT2D eigenvalue weighted by atomic mass is 10.1. The molecule has 4 nitrogen and oxygen atoms in total. The molecule has 0 saturated carbocycles. The lowest BCUT2D eigenvalue weighted by Gasteiger charge is -2.27. The van der Waals surface area contributed by atoms with Crippen LogP contribution in [-0.4, -0.2) is 27.5 Å². The van der Waals surface area contributed by atoms with Gasteiger partial charge in [-0.15, -0.1) is 0 Å². The largest absolute Gasteiger partial charge is 0.367 e. The van der Waals surface area contributed by atoms with Gasteiger partial charge >= 0.3 is 0 Å². The molecule has 0 bridgehead atoms. The number of nitrogens with zero attached hydrogens (tertiary/aromatic N) is 1. The smallest absolute Gasteiger partial charge is 0.241 e. The Kier molecular flexibility index (Phi) is 4.66. The molecule has 1 aliphatic heterocycles. The highest BCUT2D eigenvalue weighted by molar-refractivity contribution is 7.89. The summed E-state index contributed by atoms with van der Waals surface area (Å²) in [6.45, 7) is 1.38. The Morgan fingerprint density at radius 2 is 1.65 bits per heavy atom. The van der Waals surface area contributed by atoms with Crippen molar-refractivity contribution in [3.63, 3.8) is 0 Å². The summed E-state index contributed by atoms with van der Waals surface area (Å²) < 4.78 is 28.7. The molecule has 0 spiro atoms. The summed E-state index contributed by atoms with van der Waals surface area (Å²) in [4.78, 5) is 2.64. The first kappa shape index (κ1) is 17.1. The Morgan fingerprint density at radius 3 is 2.50 bits per heavy atom. The molecular formula is C21H22N2O2S. The van der Waals surface area contributed by atoms with Crippen LogP contribution in [0.15, 0.2) is 77.7 Å². The van der Waals surface area contributed by atoms with Crippen LogP contribution in [0, 0.1) is 0 Å². The molecule has 0 amide bonds. The fourth-order valence-electron chi connectivity index (χ4n) is 3.72. The lowest BCUT2D eigenvalue weighted by molar-refractivity contribution is 0.568.